The molecule has 138 valence electrons. The molecule has 0 saturated carbocycles. The summed E-state index contributed by atoms with van der Waals surface area (Å²) in [5.74, 6) is -2.00. The summed E-state index contributed by atoms with van der Waals surface area (Å²) in [7, 11) is 0. The molecule has 3 aromatic heterocycles. The molecule has 3 heterocycles. The lowest BCUT2D eigenvalue weighted by atomic mass is 10.2. The molecule has 0 unspecified atom stereocenters. The number of aromatic nitrogens is 4. The SMILES string of the molecule is Fc1cccc(NCc2cn3ccc(-c4nnc(C(F)(F)F)o4)cc3n2)c1. The molecule has 4 aromatic rings. The number of alkyl halides is 3. The number of rotatable bonds is 4. The molecule has 1 N–H and O–H groups in total. The third-order valence-corrected chi connectivity index (χ3v) is 3.72. The van der Waals surface area contributed by atoms with Crippen LogP contribution in [-0.2, 0) is 12.7 Å². The van der Waals surface area contributed by atoms with Gasteiger partial charge in [-0.3, -0.25) is 0 Å². The average molecular weight is 377 g/mol. The first kappa shape index (κ1) is 17.0. The molecule has 0 aliphatic rings. The number of nitrogens with one attached hydrogen (secondary N) is 1. The molecular weight excluding hydrogens is 366 g/mol. The van der Waals surface area contributed by atoms with Crippen LogP contribution in [0.3, 0.4) is 0 Å². The van der Waals surface area contributed by atoms with E-state index in [-0.39, 0.29) is 11.7 Å². The minimum absolute atomic E-state index is 0.243. The minimum atomic E-state index is -4.70. The number of hydrogen-bond acceptors (Lipinski definition) is 5. The first-order valence-corrected chi connectivity index (χ1v) is 7.77. The number of halogens is 4. The molecule has 0 fully saturated rings. The largest absolute Gasteiger partial charge is 0.470 e. The third-order valence-electron chi connectivity index (χ3n) is 3.72. The molecule has 0 bridgehead atoms. The molecule has 0 amide bonds. The Morgan fingerprint density at radius 3 is 2.70 bits per heavy atom. The van der Waals surface area contributed by atoms with Crippen molar-refractivity contribution in [3.8, 4) is 11.5 Å². The van der Waals surface area contributed by atoms with Gasteiger partial charge in [-0.15, -0.1) is 10.2 Å². The summed E-state index contributed by atoms with van der Waals surface area (Å²) in [5.41, 5.74) is 2.09. The fourth-order valence-corrected chi connectivity index (χ4v) is 2.50. The highest BCUT2D eigenvalue weighted by Gasteiger charge is 2.38. The van der Waals surface area contributed by atoms with E-state index in [0.29, 0.717) is 29.1 Å². The van der Waals surface area contributed by atoms with Gasteiger partial charge in [0.1, 0.15) is 11.5 Å². The van der Waals surface area contributed by atoms with Crippen molar-refractivity contribution < 1.29 is 22.0 Å². The summed E-state index contributed by atoms with van der Waals surface area (Å²) in [4.78, 5) is 4.39. The highest BCUT2D eigenvalue weighted by atomic mass is 19.4. The predicted molar refractivity (Wildman–Crippen MR) is 87.2 cm³/mol. The summed E-state index contributed by atoms with van der Waals surface area (Å²) >= 11 is 0. The monoisotopic (exact) mass is 377 g/mol. The molecule has 0 aliphatic carbocycles. The lowest BCUT2D eigenvalue weighted by Crippen LogP contribution is -2.04. The van der Waals surface area contributed by atoms with Crippen LogP contribution in [0.15, 0.2) is 53.2 Å². The highest BCUT2D eigenvalue weighted by molar-refractivity contribution is 5.60. The second kappa shape index (κ2) is 6.38. The second-order valence-corrected chi connectivity index (χ2v) is 5.69. The Bertz CT molecular complexity index is 1100. The number of nitrogens with zero attached hydrogens (tertiary/aromatic N) is 4. The van der Waals surface area contributed by atoms with Gasteiger partial charge in [0.25, 0.3) is 0 Å². The van der Waals surface area contributed by atoms with Crippen LogP contribution in [0.25, 0.3) is 17.1 Å². The Hall–Kier alpha value is -3.43. The van der Waals surface area contributed by atoms with Crippen LogP contribution in [-0.4, -0.2) is 19.6 Å². The normalized spacial score (nSPS) is 11.9. The summed E-state index contributed by atoms with van der Waals surface area (Å²) in [6.07, 6.45) is -1.32. The fourth-order valence-electron chi connectivity index (χ4n) is 2.50. The maximum absolute atomic E-state index is 13.2. The van der Waals surface area contributed by atoms with Gasteiger partial charge in [-0.05, 0) is 30.3 Å². The van der Waals surface area contributed by atoms with Gasteiger partial charge in [0, 0.05) is 23.6 Å². The molecule has 4 rings (SSSR count). The molecule has 0 saturated heterocycles. The van der Waals surface area contributed by atoms with Crippen LogP contribution in [0.4, 0.5) is 23.2 Å². The van der Waals surface area contributed by atoms with Gasteiger partial charge in [0.15, 0.2) is 0 Å². The van der Waals surface area contributed by atoms with Crippen molar-refractivity contribution in [1.29, 1.82) is 0 Å². The van der Waals surface area contributed by atoms with Gasteiger partial charge in [0.05, 0.1) is 12.2 Å². The first-order valence-electron chi connectivity index (χ1n) is 7.77. The van der Waals surface area contributed by atoms with Gasteiger partial charge < -0.3 is 14.1 Å². The molecule has 6 nitrogen and oxygen atoms in total. The standard InChI is InChI=1S/C17H11F4N5O/c18-11-2-1-3-12(7-11)22-8-13-9-26-5-4-10(6-14(26)23-13)15-24-25-16(27-15)17(19,20)21/h1-7,9,22H,8H2. The maximum Gasteiger partial charge on any atom is 0.470 e. The van der Waals surface area contributed by atoms with E-state index in [1.807, 2.05) is 0 Å². The Morgan fingerprint density at radius 2 is 1.96 bits per heavy atom. The van der Waals surface area contributed by atoms with Gasteiger partial charge in [-0.25, -0.2) is 9.37 Å². The van der Waals surface area contributed by atoms with E-state index in [1.54, 1.807) is 41.1 Å². The van der Waals surface area contributed by atoms with E-state index in [4.69, 9.17) is 0 Å². The highest BCUT2D eigenvalue weighted by Crippen LogP contribution is 2.30. The second-order valence-electron chi connectivity index (χ2n) is 5.69. The summed E-state index contributed by atoms with van der Waals surface area (Å²) in [6.45, 7) is 0.346. The quantitative estimate of drug-likeness (QED) is 0.541. The topological polar surface area (TPSA) is 68.2 Å². The molecule has 0 atom stereocenters. The molecule has 27 heavy (non-hydrogen) atoms. The summed E-state index contributed by atoms with van der Waals surface area (Å²) in [6, 6.07) is 9.12. The molecule has 0 spiro atoms. The summed E-state index contributed by atoms with van der Waals surface area (Å²) < 4.78 is 57.3. The molecule has 10 heteroatoms. The molecule has 0 radical (unpaired) electrons. The van der Waals surface area contributed by atoms with Crippen LogP contribution >= 0.6 is 0 Å². The van der Waals surface area contributed by atoms with E-state index >= 15 is 0 Å². The van der Waals surface area contributed by atoms with Gasteiger partial charge >= 0.3 is 12.1 Å². The average Bonchev–Trinajstić information content (AvgIpc) is 3.26. The number of fused-ring (bicyclic) bond motifs is 1. The Morgan fingerprint density at radius 1 is 1.11 bits per heavy atom. The van der Waals surface area contributed by atoms with Gasteiger partial charge in [-0.1, -0.05) is 6.07 Å². The van der Waals surface area contributed by atoms with Crippen molar-refractivity contribution in [2.45, 2.75) is 12.7 Å². The number of imidazole rings is 1. The molecular formula is C17H11F4N5O. The lowest BCUT2D eigenvalue weighted by Gasteiger charge is -2.03. The third kappa shape index (κ3) is 3.59. The van der Waals surface area contributed by atoms with Crippen LogP contribution in [0.2, 0.25) is 0 Å². The smallest absolute Gasteiger partial charge is 0.413 e. The molecule has 1 aromatic carbocycles. The van der Waals surface area contributed by atoms with Crippen molar-refractivity contribution in [1.82, 2.24) is 19.6 Å². The number of pyridine rings is 1. The predicted octanol–water partition coefficient (Wildman–Crippen LogP) is 4.15. The number of hydrogen-bond donors (Lipinski definition) is 1. The minimum Gasteiger partial charge on any atom is -0.413 e. The van der Waals surface area contributed by atoms with E-state index in [2.05, 4.69) is 24.9 Å². The van der Waals surface area contributed by atoms with Crippen molar-refractivity contribution in [3.63, 3.8) is 0 Å². The zero-order valence-electron chi connectivity index (χ0n) is 13.5. The number of benzene rings is 1. The van der Waals surface area contributed by atoms with Crippen LogP contribution < -0.4 is 5.32 Å². The van der Waals surface area contributed by atoms with Gasteiger partial charge in [-0.2, -0.15) is 13.2 Å². The lowest BCUT2D eigenvalue weighted by molar-refractivity contribution is -0.156. The van der Waals surface area contributed by atoms with Crippen molar-refractivity contribution in [2.75, 3.05) is 5.32 Å². The Labute approximate surface area is 149 Å². The first-order chi connectivity index (χ1) is 12.9. The van der Waals surface area contributed by atoms with Crippen LogP contribution in [0.5, 0.6) is 0 Å². The van der Waals surface area contributed by atoms with Crippen molar-refractivity contribution in [2.24, 2.45) is 0 Å². The van der Waals surface area contributed by atoms with Crippen molar-refractivity contribution in [3.05, 3.63) is 66.2 Å². The van der Waals surface area contributed by atoms with E-state index in [0.717, 1.165) is 0 Å². The van der Waals surface area contributed by atoms with E-state index in [1.165, 1.54) is 12.1 Å². The zero-order chi connectivity index (χ0) is 19.0. The van der Waals surface area contributed by atoms with Crippen molar-refractivity contribution >= 4 is 11.3 Å². The molecule has 0 aliphatic heterocycles. The van der Waals surface area contributed by atoms with Crippen LogP contribution in [0, 0.1) is 5.82 Å². The van der Waals surface area contributed by atoms with E-state index < -0.39 is 12.1 Å². The zero-order valence-corrected chi connectivity index (χ0v) is 13.5. The maximum atomic E-state index is 13.2. The van der Waals surface area contributed by atoms with E-state index in [9.17, 15) is 17.6 Å². The summed E-state index contributed by atoms with van der Waals surface area (Å²) in [5, 5.41) is 9.49. The van der Waals surface area contributed by atoms with Gasteiger partial charge in [0.2, 0.25) is 5.89 Å². The Kier molecular flexibility index (Phi) is 4.02. The fraction of sp³-hybridized carbons (Fsp3) is 0.118. The Balaban J connectivity index is 1.55. The number of anilines is 1. The van der Waals surface area contributed by atoms with Crippen LogP contribution in [0.1, 0.15) is 11.6 Å².